The number of carboxylic acid groups (broad SMARTS) is 1. The number of hydrogen-bond donors (Lipinski definition) is 1. The Morgan fingerprint density at radius 1 is 1.00 bits per heavy atom. The number of aromatic nitrogens is 4. The molecule has 0 spiro atoms. The quantitative estimate of drug-likeness (QED) is 0.790. The second kappa shape index (κ2) is 5.46. The van der Waals surface area contributed by atoms with Gasteiger partial charge in [0, 0.05) is 30.4 Å². The van der Waals surface area contributed by atoms with E-state index >= 15 is 0 Å². The molecule has 3 rings (SSSR count). The Balaban J connectivity index is 2.18. The van der Waals surface area contributed by atoms with Gasteiger partial charge in [-0.2, -0.15) is 0 Å². The van der Waals surface area contributed by atoms with Crippen LogP contribution in [0.4, 0.5) is 0 Å². The van der Waals surface area contributed by atoms with E-state index in [9.17, 15) is 9.90 Å². The van der Waals surface area contributed by atoms with Crippen LogP contribution in [0.25, 0.3) is 22.8 Å². The highest BCUT2D eigenvalue weighted by Crippen LogP contribution is 2.23. The Morgan fingerprint density at radius 2 is 1.81 bits per heavy atom. The fraction of sp³-hybridized carbons (Fsp3) is 0. The second-order valence-corrected chi connectivity index (χ2v) is 4.21. The van der Waals surface area contributed by atoms with Crippen LogP contribution in [0.2, 0.25) is 0 Å². The third kappa shape index (κ3) is 2.59. The average molecular weight is 278 g/mol. The van der Waals surface area contributed by atoms with Crippen molar-refractivity contribution in [1.29, 1.82) is 0 Å². The Morgan fingerprint density at radius 3 is 2.48 bits per heavy atom. The van der Waals surface area contributed by atoms with E-state index in [0.717, 1.165) is 0 Å². The summed E-state index contributed by atoms with van der Waals surface area (Å²) < 4.78 is 0. The molecule has 0 saturated heterocycles. The van der Waals surface area contributed by atoms with E-state index in [-0.39, 0.29) is 5.56 Å². The van der Waals surface area contributed by atoms with E-state index in [2.05, 4.69) is 19.9 Å². The molecule has 0 aliphatic carbocycles. The molecule has 0 atom stereocenters. The molecule has 0 aliphatic heterocycles. The minimum absolute atomic E-state index is 0.0425. The topological polar surface area (TPSA) is 88.9 Å². The fourth-order valence-corrected chi connectivity index (χ4v) is 1.89. The Hall–Kier alpha value is -3.15. The van der Waals surface area contributed by atoms with Crippen molar-refractivity contribution in [2.75, 3.05) is 0 Å². The summed E-state index contributed by atoms with van der Waals surface area (Å²) >= 11 is 0. The van der Waals surface area contributed by atoms with Gasteiger partial charge in [0.1, 0.15) is 11.3 Å². The van der Waals surface area contributed by atoms with Gasteiger partial charge < -0.3 is 5.11 Å². The van der Waals surface area contributed by atoms with Gasteiger partial charge >= 0.3 is 5.97 Å². The summed E-state index contributed by atoms with van der Waals surface area (Å²) in [6.45, 7) is 0. The van der Waals surface area contributed by atoms with Crippen molar-refractivity contribution in [3.63, 3.8) is 0 Å². The minimum Gasteiger partial charge on any atom is -0.478 e. The van der Waals surface area contributed by atoms with Crippen molar-refractivity contribution in [3.8, 4) is 22.8 Å². The molecule has 102 valence electrons. The van der Waals surface area contributed by atoms with Crippen molar-refractivity contribution in [1.82, 2.24) is 19.9 Å². The zero-order valence-corrected chi connectivity index (χ0v) is 10.8. The van der Waals surface area contributed by atoms with Crippen molar-refractivity contribution in [2.24, 2.45) is 0 Å². The normalized spacial score (nSPS) is 10.3. The Bertz CT molecular complexity index is 776. The molecule has 1 N–H and O–H groups in total. The van der Waals surface area contributed by atoms with E-state index in [0.29, 0.717) is 22.8 Å². The van der Waals surface area contributed by atoms with Gasteiger partial charge in [0.25, 0.3) is 0 Å². The third-order valence-electron chi connectivity index (χ3n) is 2.87. The number of rotatable bonds is 3. The molecule has 6 nitrogen and oxygen atoms in total. The molecular weight excluding hydrogens is 268 g/mol. The fourth-order valence-electron chi connectivity index (χ4n) is 1.89. The van der Waals surface area contributed by atoms with Crippen LogP contribution in [-0.4, -0.2) is 31.0 Å². The highest BCUT2D eigenvalue weighted by Gasteiger charge is 2.16. The predicted octanol–water partition coefficient (Wildman–Crippen LogP) is 2.30. The molecule has 0 unspecified atom stereocenters. The Labute approximate surface area is 120 Å². The highest BCUT2D eigenvalue weighted by molar-refractivity contribution is 5.94. The van der Waals surface area contributed by atoms with Crippen LogP contribution in [0.5, 0.6) is 0 Å². The number of carboxylic acids is 1. The molecule has 3 heterocycles. The number of nitrogens with zero attached hydrogens (tertiary/aromatic N) is 4. The van der Waals surface area contributed by atoms with Crippen LogP contribution in [-0.2, 0) is 0 Å². The smallest absolute Gasteiger partial charge is 0.339 e. The number of pyridine rings is 2. The molecule has 0 saturated carbocycles. The van der Waals surface area contributed by atoms with Gasteiger partial charge in [0.2, 0.25) is 0 Å². The maximum absolute atomic E-state index is 11.3. The van der Waals surface area contributed by atoms with Crippen molar-refractivity contribution in [3.05, 3.63) is 60.7 Å². The first kappa shape index (κ1) is 12.9. The predicted molar refractivity (Wildman–Crippen MR) is 75.5 cm³/mol. The van der Waals surface area contributed by atoms with Gasteiger partial charge in [-0.25, -0.2) is 14.8 Å². The molecule has 0 fully saturated rings. The van der Waals surface area contributed by atoms with Gasteiger partial charge in [-0.1, -0.05) is 6.07 Å². The van der Waals surface area contributed by atoms with Crippen LogP contribution in [0.3, 0.4) is 0 Å². The summed E-state index contributed by atoms with van der Waals surface area (Å²) in [6, 6.07) is 8.79. The first-order valence-corrected chi connectivity index (χ1v) is 6.18. The van der Waals surface area contributed by atoms with Gasteiger partial charge in [0.05, 0.1) is 5.69 Å². The summed E-state index contributed by atoms with van der Waals surface area (Å²) in [5.41, 5.74) is 1.65. The van der Waals surface area contributed by atoms with Crippen LogP contribution in [0, 0.1) is 0 Å². The molecule has 0 bridgehead atoms. The van der Waals surface area contributed by atoms with Crippen molar-refractivity contribution in [2.45, 2.75) is 0 Å². The molecule has 6 heteroatoms. The third-order valence-corrected chi connectivity index (χ3v) is 2.87. The molecule has 0 aromatic carbocycles. The van der Waals surface area contributed by atoms with E-state index in [1.165, 1.54) is 6.20 Å². The van der Waals surface area contributed by atoms with Gasteiger partial charge in [0.15, 0.2) is 5.82 Å². The Kier molecular flexibility index (Phi) is 3.34. The average Bonchev–Trinajstić information content (AvgIpc) is 2.56. The van der Waals surface area contributed by atoms with E-state index < -0.39 is 5.97 Å². The second-order valence-electron chi connectivity index (χ2n) is 4.21. The maximum Gasteiger partial charge on any atom is 0.339 e. The molecule has 21 heavy (non-hydrogen) atoms. The van der Waals surface area contributed by atoms with Crippen LogP contribution >= 0.6 is 0 Å². The standard InChI is InChI=1S/C15H10N4O2/c20-15(21)11-9-18-14(12-3-1-2-6-17-12)19-13(11)10-4-7-16-8-5-10/h1-9H,(H,20,21). The number of hydrogen-bond acceptors (Lipinski definition) is 5. The number of aromatic carboxylic acids is 1. The summed E-state index contributed by atoms with van der Waals surface area (Å²) in [5.74, 6) is -0.693. The number of carbonyl (C=O) groups is 1. The monoisotopic (exact) mass is 278 g/mol. The van der Waals surface area contributed by atoms with E-state index in [1.807, 2.05) is 6.07 Å². The highest BCUT2D eigenvalue weighted by atomic mass is 16.4. The lowest BCUT2D eigenvalue weighted by atomic mass is 10.1. The molecular formula is C15H10N4O2. The summed E-state index contributed by atoms with van der Waals surface area (Å²) in [5, 5.41) is 9.28. The lowest BCUT2D eigenvalue weighted by Crippen LogP contribution is -2.05. The summed E-state index contributed by atoms with van der Waals surface area (Å²) in [4.78, 5) is 27.9. The van der Waals surface area contributed by atoms with Gasteiger partial charge in [-0.15, -0.1) is 0 Å². The molecule has 0 amide bonds. The minimum atomic E-state index is -1.07. The van der Waals surface area contributed by atoms with E-state index in [1.54, 1.807) is 42.9 Å². The lowest BCUT2D eigenvalue weighted by molar-refractivity contribution is 0.0697. The van der Waals surface area contributed by atoms with Crippen molar-refractivity contribution < 1.29 is 9.90 Å². The van der Waals surface area contributed by atoms with Crippen LogP contribution < -0.4 is 0 Å². The van der Waals surface area contributed by atoms with Crippen LogP contribution in [0.1, 0.15) is 10.4 Å². The van der Waals surface area contributed by atoms with E-state index in [4.69, 9.17) is 0 Å². The zero-order chi connectivity index (χ0) is 14.7. The van der Waals surface area contributed by atoms with Gasteiger partial charge in [-0.05, 0) is 24.3 Å². The first-order valence-electron chi connectivity index (χ1n) is 6.18. The lowest BCUT2D eigenvalue weighted by Gasteiger charge is -2.07. The summed E-state index contributed by atoms with van der Waals surface area (Å²) in [7, 11) is 0. The zero-order valence-electron chi connectivity index (χ0n) is 10.8. The molecule has 0 radical (unpaired) electrons. The largest absolute Gasteiger partial charge is 0.478 e. The maximum atomic E-state index is 11.3. The van der Waals surface area contributed by atoms with Crippen LogP contribution in [0.15, 0.2) is 55.1 Å². The molecule has 0 aliphatic rings. The summed E-state index contributed by atoms with van der Waals surface area (Å²) in [6.07, 6.45) is 6.11. The van der Waals surface area contributed by atoms with Gasteiger partial charge in [-0.3, -0.25) is 9.97 Å². The molecule has 3 aromatic rings. The first-order chi connectivity index (χ1) is 10.3. The van der Waals surface area contributed by atoms with Crippen molar-refractivity contribution >= 4 is 5.97 Å². The molecule has 3 aromatic heterocycles. The SMILES string of the molecule is O=C(O)c1cnc(-c2ccccn2)nc1-c1ccncc1.